The van der Waals surface area contributed by atoms with Crippen molar-refractivity contribution in [3.63, 3.8) is 0 Å². The number of H-pyrrole nitrogens is 1. The average Bonchev–Trinajstić information content (AvgIpc) is 3.36. The summed E-state index contributed by atoms with van der Waals surface area (Å²) >= 11 is 0. The van der Waals surface area contributed by atoms with Gasteiger partial charge in [0.25, 0.3) is 0 Å². The minimum atomic E-state index is -1.21. The van der Waals surface area contributed by atoms with Crippen molar-refractivity contribution in [1.29, 1.82) is 0 Å². The average molecular weight is 502 g/mol. The molecule has 4 atom stereocenters. The Hall–Kier alpha value is -3.77. The fourth-order valence-corrected chi connectivity index (χ4v) is 3.45. The number of hydrogen-bond acceptors (Lipinski definition) is 7. The normalized spacial score (nSPS) is 14.2. The van der Waals surface area contributed by atoms with Gasteiger partial charge in [0.1, 0.15) is 18.1 Å². The Balaban J connectivity index is 2.19. The molecule has 0 bridgehead atoms. The molecule has 12 heteroatoms. The number of carbonyl (C=O) groups is 4. The SMILES string of the molecule is CC(NC(=O)C(Cc1cnc[nH]1)NC(=O)C(Cc1ccccc1)NC(=O)C(N)CCCCN)C(=O)O. The highest BCUT2D eigenvalue weighted by Crippen LogP contribution is 2.07. The molecule has 12 nitrogen and oxygen atoms in total. The van der Waals surface area contributed by atoms with Crippen molar-refractivity contribution in [3.05, 3.63) is 54.1 Å². The summed E-state index contributed by atoms with van der Waals surface area (Å²) < 4.78 is 0. The number of imidazole rings is 1. The smallest absolute Gasteiger partial charge is 0.325 e. The zero-order valence-electron chi connectivity index (χ0n) is 20.3. The molecule has 0 spiro atoms. The van der Waals surface area contributed by atoms with E-state index in [0.717, 1.165) is 12.0 Å². The largest absolute Gasteiger partial charge is 0.480 e. The van der Waals surface area contributed by atoms with Crippen LogP contribution in [0.1, 0.15) is 37.4 Å². The standard InChI is InChI=1S/C24H35N7O5/c1-15(24(35)36)29-22(33)20(12-17-13-27-14-28-17)31-23(34)19(11-16-7-3-2-4-8-16)30-21(32)18(26)9-5-6-10-25/h2-4,7-8,13-15,18-20H,5-6,9-12,25-26H2,1H3,(H,27,28)(H,29,33)(H,30,32)(H,31,34)(H,35,36). The molecule has 36 heavy (non-hydrogen) atoms. The molecule has 9 N–H and O–H groups in total. The maximum absolute atomic E-state index is 13.3. The lowest BCUT2D eigenvalue weighted by molar-refractivity contribution is -0.141. The van der Waals surface area contributed by atoms with Crippen molar-refractivity contribution in [2.24, 2.45) is 11.5 Å². The molecule has 0 aliphatic heterocycles. The Morgan fingerprint density at radius 1 is 0.972 bits per heavy atom. The van der Waals surface area contributed by atoms with E-state index < -0.39 is 47.9 Å². The van der Waals surface area contributed by atoms with Crippen LogP contribution in [0.25, 0.3) is 0 Å². The monoisotopic (exact) mass is 501 g/mol. The lowest BCUT2D eigenvalue weighted by atomic mass is 10.0. The maximum Gasteiger partial charge on any atom is 0.325 e. The number of carbonyl (C=O) groups excluding carboxylic acids is 3. The zero-order chi connectivity index (χ0) is 26.5. The molecule has 196 valence electrons. The van der Waals surface area contributed by atoms with Crippen LogP contribution in [0.5, 0.6) is 0 Å². The lowest BCUT2D eigenvalue weighted by Gasteiger charge is -2.25. The van der Waals surface area contributed by atoms with Crippen LogP contribution in [0, 0.1) is 0 Å². The van der Waals surface area contributed by atoms with Gasteiger partial charge in [-0.15, -0.1) is 0 Å². The number of amides is 3. The minimum absolute atomic E-state index is 0.0362. The zero-order valence-corrected chi connectivity index (χ0v) is 20.3. The summed E-state index contributed by atoms with van der Waals surface area (Å²) in [5.41, 5.74) is 12.9. The quantitative estimate of drug-likeness (QED) is 0.154. The molecular formula is C24H35N7O5. The van der Waals surface area contributed by atoms with Gasteiger partial charge in [-0.05, 0) is 31.9 Å². The number of carboxylic acid groups (broad SMARTS) is 1. The summed E-state index contributed by atoms with van der Waals surface area (Å²) in [5.74, 6) is -3.00. The van der Waals surface area contributed by atoms with Crippen LogP contribution in [0.3, 0.4) is 0 Å². The highest BCUT2D eigenvalue weighted by molar-refractivity contribution is 5.94. The highest BCUT2D eigenvalue weighted by Gasteiger charge is 2.30. The summed E-state index contributed by atoms with van der Waals surface area (Å²) in [7, 11) is 0. The molecule has 1 aromatic carbocycles. The van der Waals surface area contributed by atoms with E-state index in [4.69, 9.17) is 16.6 Å². The van der Waals surface area contributed by atoms with E-state index in [-0.39, 0.29) is 12.8 Å². The number of aromatic nitrogens is 2. The number of nitrogens with one attached hydrogen (secondary N) is 4. The van der Waals surface area contributed by atoms with E-state index in [9.17, 15) is 19.2 Å². The first kappa shape index (κ1) is 28.5. The molecule has 2 aromatic rings. The second kappa shape index (κ2) is 14.6. The molecular weight excluding hydrogens is 466 g/mol. The number of aromatic amines is 1. The number of benzene rings is 1. The van der Waals surface area contributed by atoms with E-state index in [2.05, 4.69) is 25.9 Å². The summed E-state index contributed by atoms with van der Waals surface area (Å²) in [6.45, 7) is 1.81. The number of nitrogens with two attached hydrogens (primary N) is 2. The van der Waals surface area contributed by atoms with Crippen molar-refractivity contribution in [2.75, 3.05) is 6.54 Å². The molecule has 0 aliphatic carbocycles. The third-order valence-electron chi connectivity index (χ3n) is 5.56. The van der Waals surface area contributed by atoms with Gasteiger partial charge in [-0.2, -0.15) is 0 Å². The van der Waals surface area contributed by atoms with Gasteiger partial charge < -0.3 is 37.5 Å². The van der Waals surface area contributed by atoms with Crippen LogP contribution in [0.15, 0.2) is 42.9 Å². The topological polar surface area (TPSA) is 205 Å². The number of nitrogens with zero attached hydrogens (tertiary/aromatic N) is 1. The van der Waals surface area contributed by atoms with Crippen LogP contribution in [-0.4, -0.2) is 69.5 Å². The van der Waals surface area contributed by atoms with Crippen molar-refractivity contribution in [2.45, 2.75) is 63.2 Å². The third-order valence-corrected chi connectivity index (χ3v) is 5.56. The van der Waals surface area contributed by atoms with Crippen LogP contribution >= 0.6 is 0 Å². The van der Waals surface area contributed by atoms with Gasteiger partial charge in [0.05, 0.1) is 12.4 Å². The molecule has 2 rings (SSSR count). The fraction of sp³-hybridized carbons (Fsp3) is 0.458. The predicted octanol–water partition coefficient (Wildman–Crippen LogP) is -0.790. The van der Waals surface area contributed by atoms with Crippen molar-refractivity contribution in [3.8, 4) is 0 Å². The van der Waals surface area contributed by atoms with E-state index >= 15 is 0 Å². The molecule has 4 unspecified atom stereocenters. The second-order valence-electron chi connectivity index (χ2n) is 8.55. The van der Waals surface area contributed by atoms with E-state index in [1.165, 1.54) is 19.4 Å². The Kier molecular flexibility index (Phi) is 11.5. The van der Waals surface area contributed by atoms with Crippen molar-refractivity contribution >= 4 is 23.7 Å². The van der Waals surface area contributed by atoms with E-state index in [1.54, 1.807) is 0 Å². The van der Waals surface area contributed by atoms with E-state index in [0.29, 0.717) is 25.1 Å². The molecule has 0 saturated heterocycles. The molecule has 0 fully saturated rings. The number of rotatable bonds is 15. The van der Waals surface area contributed by atoms with Gasteiger partial charge in [-0.25, -0.2) is 4.98 Å². The first-order chi connectivity index (χ1) is 17.2. The first-order valence-corrected chi connectivity index (χ1v) is 11.8. The van der Waals surface area contributed by atoms with Gasteiger partial charge in [0, 0.05) is 24.7 Å². The van der Waals surface area contributed by atoms with Gasteiger partial charge in [0.2, 0.25) is 17.7 Å². The van der Waals surface area contributed by atoms with Crippen LogP contribution in [-0.2, 0) is 32.0 Å². The summed E-state index contributed by atoms with van der Waals surface area (Å²) in [6.07, 6.45) is 4.95. The number of hydrogen-bond donors (Lipinski definition) is 7. The van der Waals surface area contributed by atoms with Crippen molar-refractivity contribution < 1.29 is 24.3 Å². The summed E-state index contributed by atoms with van der Waals surface area (Å²) in [5, 5.41) is 16.9. The molecule has 1 heterocycles. The second-order valence-corrected chi connectivity index (χ2v) is 8.55. The van der Waals surface area contributed by atoms with Gasteiger partial charge in [-0.1, -0.05) is 36.8 Å². The summed E-state index contributed by atoms with van der Waals surface area (Å²) in [4.78, 5) is 56.9. The molecule has 1 aromatic heterocycles. The maximum atomic E-state index is 13.3. The summed E-state index contributed by atoms with van der Waals surface area (Å²) in [6, 6.07) is 4.97. The van der Waals surface area contributed by atoms with Gasteiger partial charge in [0.15, 0.2) is 0 Å². The van der Waals surface area contributed by atoms with Gasteiger partial charge >= 0.3 is 5.97 Å². The Morgan fingerprint density at radius 3 is 2.22 bits per heavy atom. The molecule has 0 aliphatic rings. The molecule has 0 saturated carbocycles. The van der Waals surface area contributed by atoms with Gasteiger partial charge in [-0.3, -0.25) is 19.2 Å². The highest BCUT2D eigenvalue weighted by atomic mass is 16.4. The number of unbranched alkanes of at least 4 members (excludes halogenated alkanes) is 1. The number of aliphatic carboxylic acids is 1. The minimum Gasteiger partial charge on any atom is -0.480 e. The Morgan fingerprint density at radius 2 is 1.61 bits per heavy atom. The molecule has 3 amide bonds. The number of carboxylic acids is 1. The van der Waals surface area contributed by atoms with Crippen LogP contribution in [0.4, 0.5) is 0 Å². The van der Waals surface area contributed by atoms with Crippen LogP contribution < -0.4 is 27.4 Å². The first-order valence-electron chi connectivity index (χ1n) is 11.8. The van der Waals surface area contributed by atoms with E-state index in [1.807, 2.05) is 30.3 Å². The Bertz CT molecular complexity index is 984. The third kappa shape index (κ3) is 9.47. The predicted molar refractivity (Wildman–Crippen MR) is 132 cm³/mol. The molecule has 0 radical (unpaired) electrons. The van der Waals surface area contributed by atoms with Crippen LogP contribution in [0.2, 0.25) is 0 Å². The lowest BCUT2D eigenvalue weighted by Crippen LogP contribution is -2.58. The fourth-order valence-electron chi connectivity index (χ4n) is 3.45. The van der Waals surface area contributed by atoms with Crippen molar-refractivity contribution in [1.82, 2.24) is 25.9 Å². The Labute approximate surface area is 209 Å².